The minimum absolute atomic E-state index is 0. The Labute approximate surface area is 159 Å². The predicted molar refractivity (Wildman–Crippen MR) is 101 cm³/mol. The number of carbonyl (C=O) groups excluding carboxylic acids is 2. The van der Waals surface area contributed by atoms with Crippen molar-refractivity contribution in [2.24, 2.45) is 17.6 Å². The zero-order chi connectivity index (χ0) is 18.2. The van der Waals surface area contributed by atoms with Gasteiger partial charge in [0.25, 0.3) is 0 Å². The molecule has 1 fully saturated rings. The van der Waals surface area contributed by atoms with Crippen LogP contribution in [0.2, 0.25) is 0 Å². The summed E-state index contributed by atoms with van der Waals surface area (Å²) in [6.07, 6.45) is 3.20. The number of ether oxygens (including phenoxy) is 2. The van der Waals surface area contributed by atoms with Crippen molar-refractivity contribution in [1.29, 1.82) is 5.41 Å². The summed E-state index contributed by atoms with van der Waals surface area (Å²) in [6.45, 7) is 2.65. The molecule has 0 amide bonds. The molecule has 1 aromatic rings. The third kappa shape index (κ3) is 6.22. The molecule has 1 aromatic carbocycles. The summed E-state index contributed by atoms with van der Waals surface area (Å²) in [7, 11) is 0. The van der Waals surface area contributed by atoms with E-state index in [-0.39, 0.29) is 48.2 Å². The van der Waals surface area contributed by atoms with Gasteiger partial charge in [0.2, 0.25) is 0 Å². The number of guanidine groups is 1. The Morgan fingerprint density at radius 2 is 1.88 bits per heavy atom. The smallest absolute Gasteiger partial charge is 0.341 e. The lowest BCUT2D eigenvalue weighted by atomic mass is 9.82. The SMILES string of the molecule is CCOC(=O)c1ccccc1OC(=O)C1CCC(CNC(=N)N)CC1.Cl. The maximum atomic E-state index is 12.4. The average molecular weight is 384 g/mol. The predicted octanol–water partition coefficient (Wildman–Crippen LogP) is 2.48. The molecule has 0 saturated heterocycles. The van der Waals surface area contributed by atoms with Gasteiger partial charge in [-0.2, -0.15) is 0 Å². The van der Waals surface area contributed by atoms with Crippen molar-refractivity contribution in [2.75, 3.05) is 13.2 Å². The maximum absolute atomic E-state index is 12.4. The second-order valence-corrected chi connectivity index (χ2v) is 6.15. The number of rotatable bonds is 6. The molecule has 0 spiro atoms. The number of benzene rings is 1. The molecular formula is C18H26ClN3O4. The lowest BCUT2D eigenvalue weighted by molar-refractivity contribution is -0.140. The second-order valence-electron chi connectivity index (χ2n) is 6.15. The molecule has 0 bridgehead atoms. The van der Waals surface area contributed by atoms with Crippen LogP contribution in [0.1, 0.15) is 43.0 Å². The Bertz CT molecular complexity index is 631. The van der Waals surface area contributed by atoms with Gasteiger partial charge >= 0.3 is 11.9 Å². The summed E-state index contributed by atoms with van der Waals surface area (Å²) in [6, 6.07) is 6.62. The normalized spacial score (nSPS) is 19.0. The van der Waals surface area contributed by atoms with E-state index in [1.807, 2.05) is 0 Å². The fraction of sp³-hybridized carbons (Fsp3) is 0.500. The standard InChI is InChI=1S/C18H25N3O4.ClH/c1-2-24-17(23)14-5-3-4-6-15(14)25-16(22)13-9-7-12(8-10-13)11-21-18(19)20;/h3-6,12-13H,2,7-11H2,1H3,(H4,19,20,21);1H. The number of hydrogen-bond acceptors (Lipinski definition) is 5. The van der Waals surface area contributed by atoms with Crippen LogP contribution in [0.5, 0.6) is 5.75 Å². The highest BCUT2D eigenvalue weighted by atomic mass is 35.5. The highest BCUT2D eigenvalue weighted by Gasteiger charge is 2.28. The topological polar surface area (TPSA) is 114 Å². The first kappa shape index (κ1) is 21.8. The summed E-state index contributed by atoms with van der Waals surface area (Å²) in [5, 5.41) is 10.0. The van der Waals surface area contributed by atoms with Crippen molar-refractivity contribution in [3.63, 3.8) is 0 Å². The van der Waals surface area contributed by atoms with Gasteiger partial charge in [0, 0.05) is 6.54 Å². The molecule has 0 aliphatic heterocycles. The van der Waals surface area contributed by atoms with E-state index in [1.54, 1.807) is 31.2 Å². The van der Waals surface area contributed by atoms with Crippen LogP contribution < -0.4 is 15.8 Å². The van der Waals surface area contributed by atoms with E-state index in [1.165, 1.54) is 0 Å². The Balaban J connectivity index is 0.00000338. The summed E-state index contributed by atoms with van der Waals surface area (Å²) in [4.78, 5) is 24.4. The molecule has 4 N–H and O–H groups in total. The largest absolute Gasteiger partial charge is 0.462 e. The average Bonchev–Trinajstić information content (AvgIpc) is 2.61. The lowest BCUT2D eigenvalue weighted by Gasteiger charge is -2.27. The second kappa shape index (κ2) is 10.7. The molecule has 0 radical (unpaired) electrons. The molecule has 144 valence electrons. The number of hydrogen-bond donors (Lipinski definition) is 3. The van der Waals surface area contributed by atoms with Gasteiger partial charge in [-0.15, -0.1) is 12.4 Å². The van der Waals surface area contributed by atoms with E-state index in [2.05, 4.69) is 5.32 Å². The Morgan fingerprint density at radius 3 is 2.50 bits per heavy atom. The summed E-state index contributed by atoms with van der Waals surface area (Å²) >= 11 is 0. The summed E-state index contributed by atoms with van der Waals surface area (Å²) in [5.41, 5.74) is 5.55. The van der Waals surface area contributed by atoms with Gasteiger partial charge < -0.3 is 20.5 Å². The Kier molecular flexibility index (Phi) is 8.92. The molecule has 2 rings (SSSR count). The van der Waals surface area contributed by atoms with Crippen LogP contribution in [-0.4, -0.2) is 31.0 Å². The molecule has 0 atom stereocenters. The van der Waals surface area contributed by atoms with Gasteiger partial charge in [-0.25, -0.2) is 4.79 Å². The van der Waals surface area contributed by atoms with Gasteiger partial charge in [0.15, 0.2) is 5.96 Å². The molecule has 0 unspecified atom stereocenters. The number of carbonyl (C=O) groups is 2. The van der Waals surface area contributed by atoms with Crippen LogP contribution in [0.15, 0.2) is 24.3 Å². The van der Waals surface area contributed by atoms with Crippen LogP contribution in [0, 0.1) is 17.2 Å². The Hall–Kier alpha value is -2.28. The number of halogens is 1. The minimum Gasteiger partial charge on any atom is -0.462 e. The van der Waals surface area contributed by atoms with E-state index < -0.39 is 5.97 Å². The van der Waals surface area contributed by atoms with Crippen molar-refractivity contribution in [2.45, 2.75) is 32.6 Å². The van der Waals surface area contributed by atoms with E-state index in [9.17, 15) is 9.59 Å². The van der Waals surface area contributed by atoms with Crippen LogP contribution in [0.4, 0.5) is 0 Å². The highest BCUT2D eigenvalue weighted by Crippen LogP contribution is 2.30. The van der Waals surface area contributed by atoms with E-state index >= 15 is 0 Å². The first-order chi connectivity index (χ1) is 12.0. The fourth-order valence-corrected chi connectivity index (χ4v) is 2.98. The van der Waals surface area contributed by atoms with Gasteiger partial charge in [0.05, 0.1) is 12.5 Å². The van der Waals surface area contributed by atoms with E-state index in [0.29, 0.717) is 12.5 Å². The van der Waals surface area contributed by atoms with Crippen molar-refractivity contribution >= 4 is 30.3 Å². The van der Waals surface area contributed by atoms with Crippen molar-refractivity contribution in [1.82, 2.24) is 5.32 Å². The minimum atomic E-state index is -0.495. The van der Waals surface area contributed by atoms with Crippen molar-refractivity contribution < 1.29 is 19.1 Å². The summed E-state index contributed by atoms with van der Waals surface area (Å²) < 4.78 is 10.5. The molecule has 0 aromatic heterocycles. The van der Waals surface area contributed by atoms with Gasteiger partial charge in [0.1, 0.15) is 11.3 Å². The van der Waals surface area contributed by atoms with Crippen LogP contribution in [0.3, 0.4) is 0 Å². The van der Waals surface area contributed by atoms with Gasteiger partial charge in [-0.1, -0.05) is 12.1 Å². The third-order valence-corrected chi connectivity index (χ3v) is 4.35. The molecular weight excluding hydrogens is 358 g/mol. The number of nitrogens with one attached hydrogen (secondary N) is 2. The molecule has 7 nitrogen and oxygen atoms in total. The zero-order valence-electron chi connectivity index (χ0n) is 14.8. The van der Waals surface area contributed by atoms with Crippen LogP contribution in [0.25, 0.3) is 0 Å². The number of nitrogens with two attached hydrogens (primary N) is 1. The number of para-hydroxylation sites is 1. The first-order valence-electron chi connectivity index (χ1n) is 8.57. The van der Waals surface area contributed by atoms with Crippen LogP contribution >= 0.6 is 12.4 Å². The molecule has 0 heterocycles. The van der Waals surface area contributed by atoms with Crippen LogP contribution in [-0.2, 0) is 9.53 Å². The fourth-order valence-electron chi connectivity index (χ4n) is 2.98. The van der Waals surface area contributed by atoms with Gasteiger partial charge in [-0.3, -0.25) is 10.2 Å². The lowest BCUT2D eigenvalue weighted by Crippen LogP contribution is -2.36. The maximum Gasteiger partial charge on any atom is 0.341 e. The molecule has 1 saturated carbocycles. The monoisotopic (exact) mass is 383 g/mol. The molecule has 1 aliphatic carbocycles. The van der Waals surface area contributed by atoms with Crippen molar-refractivity contribution in [3.05, 3.63) is 29.8 Å². The van der Waals surface area contributed by atoms with Gasteiger partial charge in [-0.05, 0) is 50.7 Å². The molecule has 26 heavy (non-hydrogen) atoms. The summed E-state index contributed by atoms with van der Waals surface area (Å²) in [5.74, 6) is -0.369. The quantitative estimate of drug-likeness (QED) is 0.301. The first-order valence-corrected chi connectivity index (χ1v) is 8.57. The van der Waals surface area contributed by atoms with E-state index in [0.717, 1.165) is 25.7 Å². The number of esters is 2. The zero-order valence-corrected chi connectivity index (χ0v) is 15.6. The van der Waals surface area contributed by atoms with Crippen molar-refractivity contribution in [3.8, 4) is 5.75 Å². The third-order valence-electron chi connectivity index (χ3n) is 4.35. The Morgan fingerprint density at radius 1 is 1.23 bits per heavy atom. The molecule has 1 aliphatic rings. The highest BCUT2D eigenvalue weighted by molar-refractivity contribution is 5.93. The van der Waals surface area contributed by atoms with E-state index in [4.69, 9.17) is 20.6 Å². The molecule has 8 heteroatoms.